The molecule has 33 heavy (non-hydrogen) atoms. The summed E-state index contributed by atoms with van der Waals surface area (Å²) in [5.41, 5.74) is 2.55. The number of hydrogen-bond donors (Lipinski definition) is 3. The Morgan fingerprint density at radius 3 is 2.97 bits per heavy atom. The number of pyridine rings is 1. The second-order valence-electron chi connectivity index (χ2n) is 7.30. The molecule has 0 bridgehead atoms. The minimum atomic E-state index is -0.250. The van der Waals surface area contributed by atoms with Gasteiger partial charge >= 0.3 is 0 Å². The van der Waals surface area contributed by atoms with Gasteiger partial charge < -0.3 is 25.0 Å². The number of nitrogens with one attached hydrogen (secondary N) is 2. The van der Waals surface area contributed by atoms with Gasteiger partial charge in [0.2, 0.25) is 0 Å². The second kappa shape index (κ2) is 9.90. The van der Waals surface area contributed by atoms with E-state index in [1.807, 2.05) is 24.3 Å². The summed E-state index contributed by atoms with van der Waals surface area (Å²) < 4.78 is 6.25. The van der Waals surface area contributed by atoms with E-state index in [-0.39, 0.29) is 18.4 Å². The lowest BCUT2D eigenvalue weighted by molar-refractivity contribution is -0.122. The normalized spacial score (nSPS) is 15.2. The summed E-state index contributed by atoms with van der Waals surface area (Å²) in [4.78, 5) is 43.3. The monoisotopic (exact) mass is 449 g/mol. The van der Waals surface area contributed by atoms with Crippen LogP contribution in [0.3, 0.4) is 0 Å². The molecule has 3 aromatic heterocycles. The van der Waals surface area contributed by atoms with Crippen molar-refractivity contribution in [3.8, 4) is 5.75 Å². The van der Waals surface area contributed by atoms with Gasteiger partial charge in [-0.25, -0.2) is 19.9 Å². The number of rotatable bonds is 5. The molecule has 4 aromatic rings. The number of amides is 1. The molecule has 11 nitrogen and oxygen atoms in total. The average molecular weight is 449 g/mol. The van der Waals surface area contributed by atoms with Crippen LogP contribution in [0.2, 0.25) is 0 Å². The van der Waals surface area contributed by atoms with Crippen LogP contribution in [0.1, 0.15) is 23.3 Å². The maximum Gasteiger partial charge on any atom is 0.290 e. The smallest absolute Gasteiger partial charge is 0.290 e. The van der Waals surface area contributed by atoms with Gasteiger partial charge in [-0.3, -0.25) is 9.59 Å². The Morgan fingerprint density at radius 2 is 2.15 bits per heavy atom. The lowest BCUT2D eigenvalue weighted by Crippen LogP contribution is -2.35. The van der Waals surface area contributed by atoms with Crippen molar-refractivity contribution in [1.29, 1.82) is 0 Å². The number of aromatic amines is 1. The van der Waals surface area contributed by atoms with Crippen LogP contribution in [-0.2, 0) is 4.79 Å². The van der Waals surface area contributed by atoms with E-state index in [0.29, 0.717) is 18.1 Å². The number of imidazole rings is 1. The standard InChI is InChI=1S/C21H21N7O2.CH2O2/c1-22-21(29)16-9-17(14-6-2-3-7-15(14)27-16)30-10-13-5-4-8-28(13)20-18-19(24-11-23-18)25-12-26-20;2-1-3/h2-3,6-7,9,11-13H,4-5,8,10H2,1H3,(H,22,29)(H,23,24,25,26);1H,(H,2,3). The third-order valence-corrected chi connectivity index (χ3v) is 5.42. The Labute approximate surface area is 188 Å². The minimum absolute atomic E-state index is 0.148. The molecule has 0 radical (unpaired) electrons. The second-order valence-corrected chi connectivity index (χ2v) is 7.30. The molecule has 0 saturated carbocycles. The zero-order valence-electron chi connectivity index (χ0n) is 17.9. The first kappa shape index (κ1) is 21.9. The van der Waals surface area contributed by atoms with Crippen LogP contribution in [-0.4, -0.2) is 68.6 Å². The van der Waals surface area contributed by atoms with Gasteiger partial charge in [0.25, 0.3) is 12.4 Å². The fourth-order valence-corrected chi connectivity index (χ4v) is 3.94. The largest absolute Gasteiger partial charge is 0.491 e. The van der Waals surface area contributed by atoms with Crippen LogP contribution in [0.25, 0.3) is 22.1 Å². The third kappa shape index (κ3) is 4.52. The van der Waals surface area contributed by atoms with E-state index in [1.165, 1.54) is 0 Å². The number of H-pyrrole nitrogens is 1. The molecule has 0 aliphatic carbocycles. The number of carbonyl (C=O) groups is 2. The summed E-state index contributed by atoms with van der Waals surface area (Å²) in [6.45, 7) is 1.10. The van der Waals surface area contributed by atoms with E-state index in [1.54, 1.807) is 25.8 Å². The van der Waals surface area contributed by atoms with Gasteiger partial charge in [-0.15, -0.1) is 0 Å². The molecule has 1 amide bonds. The molecule has 1 saturated heterocycles. The number of anilines is 1. The summed E-state index contributed by atoms with van der Waals surface area (Å²) in [7, 11) is 1.59. The van der Waals surface area contributed by atoms with Crippen LogP contribution < -0.4 is 15.0 Å². The van der Waals surface area contributed by atoms with Crippen molar-refractivity contribution in [3.05, 3.63) is 48.7 Å². The van der Waals surface area contributed by atoms with Crippen molar-refractivity contribution >= 4 is 40.3 Å². The summed E-state index contributed by atoms with van der Waals surface area (Å²) >= 11 is 0. The number of para-hydroxylation sites is 1. The van der Waals surface area contributed by atoms with Gasteiger partial charge in [0.15, 0.2) is 11.5 Å². The van der Waals surface area contributed by atoms with Gasteiger partial charge in [-0.1, -0.05) is 12.1 Å². The van der Waals surface area contributed by atoms with Gasteiger partial charge in [-0.05, 0) is 25.0 Å². The van der Waals surface area contributed by atoms with Crippen molar-refractivity contribution in [2.75, 3.05) is 25.1 Å². The molecular formula is C22H23N7O4. The van der Waals surface area contributed by atoms with E-state index in [2.05, 4.69) is 35.1 Å². The highest BCUT2D eigenvalue weighted by atomic mass is 16.5. The molecule has 1 aromatic carbocycles. The Balaban J connectivity index is 0.000000821. The van der Waals surface area contributed by atoms with Gasteiger partial charge in [-0.2, -0.15) is 0 Å². The van der Waals surface area contributed by atoms with Gasteiger partial charge in [0.1, 0.15) is 29.9 Å². The number of carboxylic acid groups (broad SMARTS) is 1. The zero-order chi connectivity index (χ0) is 23.2. The molecule has 3 N–H and O–H groups in total. The number of aromatic nitrogens is 5. The molecular weight excluding hydrogens is 426 g/mol. The first-order chi connectivity index (χ1) is 16.2. The number of benzene rings is 1. The van der Waals surface area contributed by atoms with Crippen molar-refractivity contribution in [3.63, 3.8) is 0 Å². The van der Waals surface area contributed by atoms with Crippen LogP contribution in [0.4, 0.5) is 5.82 Å². The molecule has 1 unspecified atom stereocenters. The van der Waals surface area contributed by atoms with E-state index in [4.69, 9.17) is 14.6 Å². The maximum absolute atomic E-state index is 12.1. The van der Waals surface area contributed by atoms with Crippen molar-refractivity contribution in [2.45, 2.75) is 18.9 Å². The van der Waals surface area contributed by atoms with Crippen LogP contribution in [0, 0.1) is 0 Å². The van der Waals surface area contributed by atoms with Gasteiger partial charge in [0.05, 0.1) is 17.9 Å². The first-order valence-corrected chi connectivity index (χ1v) is 10.4. The molecule has 1 aliphatic heterocycles. The van der Waals surface area contributed by atoms with Gasteiger partial charge in [0, 0.05) is 25.0 Å². The summed E-state index contributed by atoms with van der Waals surface area (Å²) in [5.74, 6) is 1.23. The predicted molar refractivity (Wildman–Crippen MR) is 121 cm³/mol. The topological polar surface area (TPSA) is 146 Å². The lowest BCUT2D eigenvalue weighted by atomic mass is 10.1. The van der Waals surface area contributed by atoms with E-state index < -0.39 is 0 Å². The number of carbonyl (C=O) groups excluding carboxylic acids is 1. The average Bonchev–Trinajstić information content (AvgIpc) is 3.51. The number of fused-ring (bicyclic) bond motifs is 2. The van der Waals surface area contributed by atoms with E-state index in [0.717, 1.165) is 47.3 Å². The quantitative estimate of drug-likeness (QED) is 0.389. The molecule has 1 fully saturated rings. The Bertz CT molecular complexity index is 1280. The van der Waals surface area contributed by atoms with Crippen LogP contribution >= 0.6 is 0 Å². The zero-order valence-corrected chi connectivity index (χ0v) is 17.9. The Kier molecular flexibility index (Phi) is 6.58. The Morgan fingerprint density at radius 1 is 1.33 bits per heavy atom. The van der Waals surface area contributed by atoms with Crippen LogP contribution in [0.15, 0.2) is 43.0 Å². The maximum atomic E-state index is 12.1. The molecule has 0 spiro atoms. The summed E-state index contributed by atoms with van der Waals surface area (Å²) in [6, 6.07) is 9.52. The van der Waals surface area contributed by atoms with E-state index >= 15 is 0 Å². The number of ether oxygens (including phenoxy) is 1. The molecule has 1 aliphatic rings. The molecule has 11 heteroatoms. The minimum Gasteiger partial charge on any atom is -0.491 e. The predicted octanol–water partition coefficient (Wildman–Crippen LogP) is 2.01. The Hall–Kier alpha value is -4.28. The first-order valence-electron chi connectivity index (χ1n) is 10.4. The van der Waals surface area contributed by atoms with E-state index in [9.17, 15) is 4.79 Å². The fourth-order valence-electron chi connectivity index (χ4n) is 3.94. The van der Waals surface area contributed by atoms with Crippen molar-refractivity contribution in [2.24, 2.45) is 0 Å². The molecule has 170 valence electrons. The summed E-state index contributed by atoms with van der Waals surface area (Å²) in [6.07, 6.45) is 5.22. The fraction of sp³-hybridized carbons (Fsp3) is 0.273. The third-order valence-electron chi connectivity index (χ3n) is 5.42. The highest BCUT2D eigenvalue weighted by molar-refractivity contribution is 5.96. The van der Waals surface area contributed by atoms with Crippen molar-refractivity contribution in [1.82, 2.24) is 30.2 Å². The molecule has 4 heterocycles. The number of nitrogens with zero attached hydrogens (tertiary/aromatic N) is 5. The number of hydrogen-bond acceptors (Lipinski definition) is 8. The highest BCUT2D eigenvalue weighted by Crippen LogP contribution is 2.30. The SMILES string of the molecule is CNC(=O)c1cc(OCC2CCCN2c2ncnc3[nH]cnc23)c2ccccc2n1.O=CO. The molecule has 5 rings (SSSR count). The summed E-state index contributed by atoms with van der Waals surface area (Å²) in [5, 5.41) is 10.4. The van der Waals surface area contributed by atoms with Crippen LogP contribution in [0.5, 0.6) is 5.75 Å². The lowest BCUT2D eigenvalue weighted by Gasteiger charge is -2.26. The molecule has 1 atom stereocenters. The highest BCUT2D eigenvalue weighted by Gasteiger charge is 2.28. The van der Waals surface area contributed by atoms with Crippen molar-refractivity contribution < 1.29 is 19.4 Å².